The van der Waals surface area contributed by atoms with Crippen LogP contribution in [-0.4, -0.2) is 49.8 Å². The second-order valence-electron chi connectivity index (χ2n) is 6.34. The highest BCUT2D eigenvalue weighted by atomic mass is 16.5. The maximum absolute atomic E-state index is 5.86. The topological polar surface area (TPSA) is 24.5 Å². The average Bonchev–Trinajstić information content (AvgIpc) is 2.44. The molecular weight excluding hydrogens is 248 g/mol. The van der Waals surface area contributed by atoms with Crippen molar-refractivity contribution in [1.29, 1.82) is 0 Å². The zero-order valence-electron chi connectivity index (χ0n) is 12.6. The van der Waals surface area contributed by atoms with Crippen LogP contribution >= 0.6 is 0 Å². The van der Waals surface area contributed by atoms with Gasteiger partial charge in [-0.25, -0.2) is 0 Å². The molecule has 1 aromatic rings. The van der Waals surface area contributed by atoms with Crippen LogP contribution in [0.3, 0.4) is 0 Å². The summed E-state index contributed by atoms with van der Waals surface area (Å²) in [5.41, 5.74) is 3.06. The lowest BCUT2D eigenvalue weighted by atomic mass is 9.77. The van der Waals surface area contributed by atoms with Gasteiger partial charge in [0.25, 0.3) is 0 Å². The quantitative estimate of drug-likeness (QED) is 0.889. The summed E-state index contributed by atoms with van der Waals surface area (Å²) in [5, 5.41) is 3.61. The summed E-state index contributed by atoms with van der Waals surface area (Å²) in [4.78, 5) is 2.51. The Morgan fingerprint density at radius 1 is 1.30 bits per heavy atom. The third-order valence-corrected chi connectivity index (χ3v) is 4.62. The summed E-state index contributed by atoms with van der Waals surface area (Å²) in [6.07, 6.45) is 1.58. The molecule has 2 aliphatic rings. The molecule has 1 aliphatic heterocycles. The number of ether oxygens (including phenoxy) is 1. The molecule has 1 aromatic carbocycles. The largest absolute Gasteiger partial charge is 0.374 e. The first-order valence-electron chi connectivity index (χ1n) is 7.88. The molecule has 0 saturated carbocycles. The molecule has 3 heteroatoms. The van der Waals surface area contributed by atoms with E-state index in [2.05, 4.69) is 48.3 Å². The molecule has 110 valence electrons. The van der Waals surface area contributed by atoms with Gasteiger partial charge in [-0.1, -0.05) is 24.3 Å². The van der Waals surface area contributed by atoms with Gasteiger partial charge in [0, 0.05) is 38.1 Å². The van der Waals surface area contributed by atoms with Crippen LogP contribution in [0.25, 0.3) is 0 Å². The van der Waals surface area contributed by atoms with E-state index in [-0.39, 0.29) is 0 Å². The SMILES string of the molecule is CC(C)N1CCOC(CNCC2Cc3ccccc32)C1. The van der Waals surface area contributed by atoms with Crippen molar-refractivity contribution < 1.29 is 4.74 Å². The van der Waals surface area contributed by atoms with Crippen LogP contribution in [0.4, 0.5) is 0 Å². The van der Waals surface area contributed by atoms with Crippen molar-refractivity contribution in [2.24, 2.45) is 0 Å². The van der Waals surface area contributed by atoms with Crippen LogP contribution in [-0.2, 0) is 11.2 Å². The molecule has 0 radical (unpaired) electrons. The van der Waals surface area contributed by atoms with E-state index in [0.29, 0.717) is 18.1 Å². The second kappa shape index (κ2) is 6.25. The van der Waals surface area contributed by atoms with E-state index in [1.54, 1.807) is 0 Å². The minimum Gasteiger partial charge on any atom is -0.374 e. The van der Waals surface area contributed by atoms with Crippen LogP contribution < -0.4 is 5.32 Å². The molecule has 1 N–H and O–H groups in total. The Bertz CT molecular complexity index is 446. The summed E-state index contributed by atoms with van der Waals surface area (Å²) >= 11 is 0. The Morgan fingerprint density at radius 3 is 2.95 bits per heavy atom. The molecular formula is C17H26N2O. The first kappa shape index (κ1) is 14.1. The molecule has 0 bridgehead atoms. The number of hydrogen-bond acceptors (Lipinski definition) is 3. The standard InChI is InChI=1S/C17H26N2O/c1-13(2)19-7-8-20-16(12-19)11-18-10-15-9-14-5-3-4-6-17(14)15/h3-6,13,15-16,18H,7-12H2,1-2H3. The lowest BCUT2D eigenvalue weighted by molar-refractivity contribution is -0.0372. The van der Waals surface area contributed by atoms with E-state index in [0.717, 1.165) is 32.8 Å². The van der Waals surface area contributed by atoms with Crippen LogP contribution in [0, 0.1) is 0 Å². The van der Waals surface area contributed by atoms with E-state index in [1.165, 1.54) is 17.5 Å². The van der Waals surface area contributed by atoms with E-state index in [4.69, 9.17) is 4.74 Å². The molecule has 20 heavy (non-hydrogen) atoms. The minimum absolute atomic E-state index is 0.349. The number of hydrogen-bond donors (Lipinski definition) is 1. The van der Waals surface area contributed by atoms with Gasteiger partial charge < -0.3 is 10.1 Å². The first-order valence-corrected chi connectivity index (χ1v) is 7.88. The number of morpholine rings is 1. The van der Waals surface area contributed by atoms with Crippen molar-refractivity contribution in [2.75, 3.05) is 32.8 Å². The number of fused-ring (bicyclic) bond motifs is 1. The Hall–Kier alpha value is -0.900. The van der Waals surface area contributed by atoms with E-state index in [9.17, 15) is 0 Å². The number of nitrogens with one attached hydrogen (secondary N) is 1. The monoisotopic (exact) mass is 274 g/mol. The average molecular weight is 274 g/mol. The maximum Gasteiger partial charge on any atom is 0.0826 e. The second-order valence-corrected chi connectivity index (χ2v) is 6.34. The Balaban J connectivity index is 1.41. The van der Waals surface area contributed by atoms with Crippen molar-refractivity contribution in [1.82, 2.24) is 10.2 Å². The fourth-order valence-corrected chi connectivity index (χ4v) is 3.30. The molecule has 3 rings (SSSR count). The van der Waals surface area contributed by atoms with Crippen LogP contribution in [0.15, 0.2) is 24.3 Å². The Morgan fingerprint density at radius 2 is 2.15 bits per heavy atom. The van der Waals surface area contributed by atoms with Crippen LogP contribution in [0.2, 0.25) is 0 Å². The molecule has 0 aromatic heterocycles. The van der Waals surface area contributed by atoms with Gasteiger partial charge in [0.05, 0.1) is 12.7 Å². The summed E-state index contributed by atoms with van der Waals surface area (Å²) in [5.74, 6) is 0.705. The smallest absolute Gasteiger partial charge is 0.0826 e. The lowest BCUT2D eigenvalue weighted by Crippen LogP contribution is -2.49. The normalized spacial score (nSPS) is 26.4. The molecule has 2 atom stereocenters. The Kier molecular flexibility index (Phi) is 4.39. The molecule has 3 nitrogen and oxygen atoms in total. The van der Waals surface area contributed by atoms with Gasteiger partial charge in [-0.15, -0.1) is 0 Å². The highest BCUT2D eigenvalue weighted by Crippen LogP contribution is 2.33. The van der Waals surface area contributed by atoms with E-state index < -0.39 is 0 Å². The minimum atomic E-state index is 0.349. The lowest BCUT2D eigenvalue weighted by Gasteiger charge is -2.36. The fourth-order valence-electron chi connectivity index (χ4n) is 3.30. The third kappa shape index (κ3) is 3.05. The van der Waals surface area contributed by atoms with Gasteiger partial charge in [0.2, 0.25) is 0 Å². The zero-order valence-corrected chi connectivity index (χ0v) is 12.6. The summed E-state index contributed by atoms with van der Waals surface area (Å²) in [7, 11) is 0. The predicted molar refractivity (Wildman–Crippen MR) is 82.2 cm³/mol. The van der Waals surface area contributed by atoms with Crippen molar-refractivity contribution in [3.8, 4) is 0 Å². The van der Waals surface area contributed by atoms with Crippen LogP contribution in [0.5, 0.6) is 0 Å². The summed E-state index contributed by atoms with van der Waals surface area (Å²) < 4.78 is 5.86. The van der Waals surface area contributed by atoms with Gasteiger partial charge in [0.1, 0.15) is 0 Å². The first-order chi connectivity index (χ1) is 9.74. The van der Waals surface area contributed by atoms with Crippen molar-refractivity contribution in [2.45, 2.75) is 38.3 Å². The highest BCUT2D eigenvalue weighted by Gasteiger charge is 2.26. The van der Waals surface area contributed by atoms with Crippen molar-refractivity contribution >= 4 is 0 Å². The molecule has 1 saturated heterocycles. The number of rotatable bonds is 5. The third-order valence-electron chi connectivity index (χ3n) is 4.62. The van der Waals surface area contributed by atoms with E-state index >= 15 is 0 Å². The molecule has 1 aliphatic carbocycles. The van der Waals surface area contributed by atoms with Gasteiger partial charge in [-0.3, -0.25) is 4.90 Å². The summed E-state index contributed by atoms with van der Waals surface area (Å²) in [6, 6.07) is 9.42. The maximum atomic E-state index is 5.86. The van der Waals surface area contributed by atoms with Gasteiger partial charge >= 0.3 is 0 Å². The molecule has 0 amide bonds. The van der Waals surface area contributed by atoms with Crippen molar-refractivity contribution in [3.05, 3.63) is 35.4 Å². The highest BCUT2D eigenvalue weighted by molar-refractivity contribution is 5.40. The Labute approximate surface area is 122 Å². The fraction of sp³-hybridized carbons (Fsp3) is 0.647. The van der Waals surface area contributed by atoms with Gasteiger partial charge in [-0.2, -0.15) is 0 Å². The number of nitrogens with zero attached hydrogens (tertiary/aromatic N) is 1. The zero-order chi connectivity index (χ0) is 13.9. The van der Waals surface area contributed by atoms with Crippen molar-refractivity contribution in [3.63, 3.8) is 0 Å². The number of benzene rings is 1. The van der Waals surface area contributed by atoms with Crippen LogP contribution in [0.1, 0.15) is 30.9 Å². The van der Waals surface area contributed by atoms with Gasteiger partial charge in [0.15, 0.2) is 0 Å². The molecule has 1 heterocycles. The predicted octanol–water partition coefficient (Wildman–Crippen LogP) is 2.03. The summed E-state index contributed by atoms with van der Waals surface area (Å²) in [6.45, 7) is 9.59. The molecule has 1 fully saturated rings. The molecule has 0 spiro atoms. The van der Waals surface area contributed by atoms with E-state index in [1.807, 2.05) is 0 Å². The molecule has 2 unspecified atom stereocenters. The van der Waals surface area contributed by atoms with Gasteiger partial charge in [-0.05, 0) is 31.4 Å².